The molecule has 1 saturated heterocycles. The van der Waals surface area contributed by atoms with Crippen LogP contribution in [0.15, 0.2) is 60.7 Å². The SMILES string of the molecule is COc1ccc(CCCC(=O)[C@@H]2[C@H]3C[C@H]3CN2C(=O)NCc2cccc3ccc(Cl)cc23)cc1. The molecule has 1 aliphatic heterocycles. The average molecular weight is 477 g/mol. The largest absolute Gasteiger partial charge is 0.497 e. The molecule has 0 radical (unpaired) electrons. The van der Waals surface area contributed by atoms with Crippen molar-refractivity contribution in [2.24, 2.45) is 11.8 Å². The highest BCUT2D eigenvalue weighted by atomic mass is 35.5. The highest BCUT2D eigenvalue weighted by Gasteiger charge is 2.56. The van der Waals surface area contributed by atoms with Crippen LogP contribution in [0.4, 0.5) is 4.79 Å². The van der Waals surface area contributed by atoms with Crippen LogP contribution in [0.25, 0.3) is 10.8 Å². The zero-order valence-electron chi connectivity index (χ0n) is 19.3. The second-order valence-electron chi connectivity index (χ2n) is 9.37. The summed E-state index contributed by atoms with van der Waals surface area (Å²) in [5.41, 5.74) is 2.20. The quantitative estimate of drug-likeness (QED) is 0.458. The van der Waals surface area contributed by atoms with Gasteiger partial charge in [-0.25, -0.2) is 4.79 Å². The number of benzene rings is 3. The number of urea groups is 1. The van der Waals surface area contributed by atoms with Crippen LogP contribution in [-0.4, -0.2) is 36.4 Å². The molecule has 3 atom stereocenters. The topological polar surface area (TPSA) is 58.6 Å². The van der Waals surface area contributed by atoms with Crippen molar-refractivity contribution in [1.29, 1.82) is 0 Å². The number of hydrogen-bond donors (Lipinski definition) is 1. The fourth-order valence-corrected chi connectivity index (χ4v) is 5.40. The van der Waals surface area contributed by atoms with Gasteiger partial charge in [-0.3, -0.25) is 4.79 Å². The summed E-state index contributed by atoms with van der Waals surface area (Å²) in [4.78, 5) is 28.0. The van der Waals surface area contributed by atoms with Crippen molar-refractivity contribution in [2.75, 3.05) is 13.7 Å². The van der Waals surface area contributed by atoms with Crippen LogP contribution in [0.2, 0.25) is 5.02 Å². The van der Waals surface area contributed by atoms with Gasteiger partial charge in [0.1, 0.15) is 5.75 Å². The van der Waals surface area contributed by atoms with Gasteiger partial charge in [0.15, 0.2) is 5.78 Å². The Morgan fingerprint density at radius 3 is 2.74 bits per heavy atom. The summed E-state index contributed by atoms with van der Waals surface area (Å²) >= 11 is 6.19. The molecule has 3 aromatic rings. The van der Waals surface area contributed by atoms with Crippen molar-refractivity contribution in [3.05, 3.63) is 76.8 Å². The van der Waals surface area contributed by atoms with Crippen molar-refractivity contribution in [2.45, 2.75) is 38.3 Å². The molecule has 6 heteroatoms. The zero-order valence-corrected chi connectivity index (χ0v) is 20.1. The Labute approximate surface area is 205 Å². The molecule has 5 nitrogen and oxygen atoms in total. The van der Waals surface area contributed by atoms with Gasteiger partial charge in [0.2, 0.25) is 0 Å². The summed E-state index contributed by atoms with van der Waals surface area (Å²) in [5.74, 6) is 1.82. The number of rotatable bonds is 8. The van der Waals surface area contributed by atoms with E-state index in [4.69, 9.17) is 16.3 Å². The Balaban J connectivity index is 1.18. The van der Waals surface area contributed by atoms with E-state index in [0.717, 1.165) is 41.3 Å². The van der Waals surface area contributed by atoms with Crippen LogP contribution in [0.3, 0.4) is 0 Å². The summed E-state index contributed by atoms with van der Waals surface area (Å²) in [6, 6.07) is 19.3. The third-order valence-electron chi connectivity index (χ3n) is 7.15. The maximum absolute atomic E-state index is 13.1. The molecule has 2 aliphatic rings. The number of likely N-dealkylation sites (tertiary alicyclic amines) is 1. The number of carbonyl (C=O) groups excluding carboxylic acids is 2. The lowest BCUT2D eigenvalue weighted by molar-refractivity contribution is -0.123. The lowest BCUT2D eigenvalue weighted by Crippen LogP contribution is -2.48. The number of methoxy groups -OCH3 is 1. The predicted octanol–water partition coefficient (Wildman–Crippen LogP) is 5.62. The van der Waals surface area contributed by atoms with E-state index in [1.807, 2.05) is 60.7 Å². The first-order valence-electron chi connectivity index (χ1n) is 11.9. The minimum absolute atomic E-state index is 0.153. The van der Waals surface area contributed by atoms with Crippen LogP contribution < -0.4 is 10.1 Å². The summed E-state index contributed by atoms with van der Waals surface area (Å²) in [5, 5.41) is 5.84. The van der Waals surface area contributed by atoms with Gasteiger partial charge < -0.3 is 15.0 Å². The molecular weight excluding hydrogens is 448 g/mol. The predicted molar refractivity (Wildman–Crippen MR) is 134 cm³/mol. The number of piperidine rings is 1. The first-order chi connectivity index (χ1) is 16.5. The number of fused-ring (bicyclic) bond motifs is 2. The molecule has 1 heterocycles. The number of hydrogen-bond acceptors (Lipinski definition) is 3. The van der Waals surface area contributed by atoms with E-state index in [1.165, 1.54) is 5.56 Å². The van der Waals surface area contributed by atoms with Gasteiger partial charge >= 0.3 is 6.03 Å². The normalized spacial score (nSPS) is 20.8. The summed E-state index contributed by atoms with van der Waals surface area (Å²) in [6.45, 7) is 1.08. The number of carbonyl (C=O) groups is 2. The molecular formula is C28H29ClN2O3. The van der Waals surface area contributed by atoms with Crippen LogP contribution in [0.5, 0.6) is 5.75 Å². The second kappa shape index (κ2) is 9.67. The van der Waals surface area contributed by atoms with Crippen molar-refractivity contribution < 1.29 is 14.3 Å². The van der Waals surface area contributed by atoms with Crippen molar-refractivity contribution >= 4 is 34.2 Å². The highest BCUT2D eigenvalue weighted by molar-refractivity contribution is 6.31. The van der Waals surface area contributed by atoms with Crippen molar-refractivity contribution in [3.8, 4) is 5.75 Å². The Morgan fingerprint density at radius 2 is 1.94 bits per heavy atom. The maximum atomic E-state index is 13.1. The molecule has 2 fully saturated rings. The molecule has 5 rings (SSSR count). The fourth-order valence-electron chi connectivity index (χ4n) is 5.23. The van der Waals surface area contributed by atoms with Gasteiger partial charge in [-0.15, -0.1) is 0 Å². The number of ether oxygens (including phenoxy) is 1. The first kappa shape index (κ1) is 22.7. The van der Waals surface area contributed by atoms with E-state index >= 15 is 0 Å². The number of ketones is 1. The molecule has 0 bridgehead atoms. The smallest absolute Gasteiger partial charge is 0.318 e. The molecule has 2 amide bonds. The molecule has 1 saturated carbocycles. The fraction of sp³-hybridized carbons (Fsp3) is 0.357. The number of Topliss-reactive ketones (excluding diaryl/α,β-unsaturated/α-hetero) is 1. The van der Waals surface area contributed by atoms with Gasteiger partial charge in [-0.1, -0.05) is 48.0 Å². The summed E-state index contributed by atoms with van der Waals surface area (Å²) < 4.78 is 5.20. The Kier molecular flexibility index (Phi) is 6.46. The molecule has 1 aliphatic carbocycles. The molecule has 0 aromatic heterocycles. The van der Waals surface area contributed by atoms with Crippen LogP contribution in [0.1, 0.15) is 30.4 Å². The third-order valence-corrected chi connectivity index (χ3v) is 7.39. The molecule has 1 N–H and O–H groups in total. The number of nitrogens with zero attached hydrogens (tertiary/aromatic N) is 1. The number of halogens is 1. The maximum Gasteiger partial charge on any atom is 0.318 e. The van der Waals surface area contributed by atoms with Crippen LogP contribution >= 0.6 is 11.6 Å². The van der Waals surface area contributed by atoms with Gasteiger partial charge in [-0.2, -0.15) is 0 Å². The van der Waals surface area contributed by atoms with Gasteiger partial charge in [0.25, 0.3) is 0 Å². The number of amides is 2. The standard InChI is InChI=1S/C28H29ClN2O3/c1-34-23-12-8-18(9-13-23)4-2-7-26(32)27-25-14-21(25)17-31(27)28(33)30-16-20-6-3-5-19-10-11-22(29)15-24(19)20/h3,5-6,8-13,15,21,25,27H,2,4,7,14,16-17H2,1H3,(H,30,33)/t21-,25-,27-/m0/s1. The molecule has 176 valence electrons. The van der Waals surface area contributed by atoms with Crippen LogP contribution in [-0.2, 0) is 17.8 Å². The lowest BCUT2D eigenvalue weighted by Gasteiger charge is -2.27. The Bertz CT molecular complexity index is 1210. The van der Waals surface area contributed by atoms with E-state index in [0.29, 0.717) is 36.4 Å². The molecule has 0 spiro atoms. The van der Waals surface area contributed by atoms with Crippen molar-refractivity contribution in [3.63, 3.8) is 0 Å². The Morgan fingerprint density at radius 1 is 1.12 bits per heavy atom. The monoisotopic (exact) mass is 476 g/mol. The van der Waals surface area contributed by atoms with E-state index in [2.05, 4.69) is 5.32 Å². The van der Waals surface area contributed by atoms with Gasteiger partial charge in [-0.05, 0) is 77.3 Å². The molecule has 34 heavy (non-hydrogen) atoms. The summed E-state index contributed by atoms with van der Waals surface area (Å²) in [7, 11) is 1.65. The van der Waals surface area contributed by atoms with Gasteiger partial charge in [0, 0.05) is 24.5 Å². The average Bonchev–Trinajstić information content (AvgIpc) is 3.51. The zero-order chi connectivity index (χ0) is 23.7. The van der Waals surface area contributed by atoms with E-state index in [-0.39, 0.29) is 17.9 Å². The van der Waals surface area contributed by atoms with Crippen LogP contribution in [0, 0.1) is 11.8 Å². The molecule has 0 unspecified atom stereocenters. The van der Waals surface area contributed by atoms with E-state index < -0.39 is 0 Å². The van der Waals surface area contributed by atoms with Crippen molar-refractivity contribution in [1.82, 2.24) is 10.2 Å². The molecule has 3 aromatic carbocycles. The number of aryl methyl sites for hydroxylation is 1. The first-order valence-corrected chi connectivity index (χ1v) is 12.3. The van der Waals surface area contributed by atoms with E-state index in [9.17, 15) is 9.59 Å². The number of nitrogens with one attached hydrogen (secondary N) is 1. The second-order valence-corrected chi connectivity index (χ2v) is 9.80. The minimum atomic E-state index is -0.289. The lowest BCUT2D eigenvalue weighted by atomic mass is 10.0. The third kappa shape index (κ3) is 4.76. The minimum Gasteiger partial charge on any atom is -0.497 e. The Hall–Kier alpha value is -3.05. The summed E-state index contributed by atoms with van der Waals surface area (Å²) in [6.07, 6.45) is 3.17. The van der Waals surface area contributed by atoms with Gasteiger partial charge in [0.05, 0.1) is 13.2 Å². The van der Waals surface area contributed by atoms with E-state index in [1.54, 1.807) is 12.0 Å². The highest BCUT2D eigenvalue weighted by Crippen LogP contribution is 2.50.